The molecule has 80 valence electrons. The minimum atomic E-state index is -0.429. The monoisotopic (exact) mass is 271 g/mol. The molecule has 1 aromatic rings. The Hall–Kier alpha value is -1.43. The zero-order chi connectivity index (χ0) is 11.4. The number of hydrogen-bond donors (Lipinski definition) is 0. The van der Waals surface area contributed by atoms with Crippen molar-refractivity contribution >= 4 is 27.7 Å². The summed E-state index contributed by atoms with van der Waals surface area (Å²) >= 11 is 3.09. The molecule has 0 fully saturated rings. The number of nitro groups is 1. The predicted octanol–water partition coefficient (Wildman–Crippen LogP) is 2.28. The molecule has 0 spiro atoms. The van der Waals surface area contributed by atoms with Crippen LogP contribution in [0.2, 0.25) is 0 Å². The Morgan fingerprint density at radius 1 is 1.60 bits per heavy atom. The Balaban J connectivity index is 3.12. The van der Waals surface area contributed by atoms with E-state index in [-0.39, 0.29) is 5.69 Å². The van der Waals surface area contributed by atoms with Gasteiger partial charge >= 0.3 is 0 Å². The summed E-state index contributed by atoms with van der Waals surface area (Å²) in [5.74, 6) is 0. The molecule has 5 nitrogen and oxygen atoms in total. The summed E-state index contributed by atoms with van der Waals surface area (Å²) in [6.07, 6.45) is 4.84. The number of nitrogens with zero attached hydrogens (tertiary/aromatic N) is 3. The van der Waals surface area contributed by atoms with Crippen LogP contribution in [0.3, 0.4) is 0 Å². The van der Waals surface area contributed by atoms with Gasteiger partial charge in [-0.05, 0) is 28.2 Å². The van der Waals surface area contributed by atoms with E-state index in [1.54, 1.807) is 17.2 Å². The summed E-state index contributed by atoms with van der Waals surface area (Å²) in [4.78, 5) is 16.0. The van der Waals surface area contributed by atoms with Gasteiger partial charge < -0.3 is 4.90 Å². The highest BCUT2D eigenvalue weighted by atomic mass is 79.9. The van der Waals surface area contributed by atoms with E-state index in [2.05, 4.69) is 20.9 Å². The molecule has 0 aliphatic heterocycles. The first-order valence-electron chi connectivity index (χ1n) is 4.15. The van der Waals surface area contributed by atoms with Crippen LogP contribution in [-0.2, 0) is 0 Å². The van der Waals surface area contributed by atoms with E-state index in [9.17, 15) is 10.1 Å². The average Bonchev–Trinajstić information content (AvgIpc) is 2.15. The lowest BCUT2D eigenvalue weighted by Gasteiger charge is -2.03. The summed E-state index contributed by atoms with van der Waals surface area (Å²) in [6, 6.07) is 1.38. The molecule has 0 bridgehead atoms. The molecule has 1 heterocycles. The van der Waals surface area contributed by atoms with Gasteiger partial charge in [0.1, 0.15) is 4.60 Å². The molecule has 0 saturated carbocycles. The fraction of sp³-hybridized carbons (Fsp3) is 0.222. The summed E-state index contributed by atoms with van der Waals surface area (Å²) < 4.78 is 0.455. The quantitative estimate of drug-likeness (QED) is 0.481. The molecule has 0 saturated heterocycles. The number of aromatic nitrogens is 1. The molecule has 15 heavy (non-hydrogen) atoms. The number of halogens is 1. The third-order valence-electron chi connectivity index (χ3n) is 1.63. The first kappa shape index (κ1) is 11.6. The van der Waals surface area contributed by atoms with Crippen molar-refractivity contribution in [2.75, 3.05) is 14.1 Å². The highest BCUT2D eigenvalue weighted by Crippen LogP contribution is 2.22. The van der Waals surface area contributed by atoms with Crippen LogP contribution in [0.15, 0.2) is 23.1 Å². The maximum Gasteiger partial charge on any atom is 0.280 e. The van der Waals surface area contributed by atoms with Crippen molar-refractivity contribution in [1.82, 2.24) is 9.88 Å². The Labute approximate surface area is 95.7 Å². The van der Waals surface area contributed by atoms with E-state index in [1.165, 1.54) is 12.3 Å². The van der Waals surface area contributed by atoms with E-state index in [0.717, 1.165) is 0 Å². The highest BCUT2D eigenvalue weighted by molar-refractivity contribution is 9.10. The van der Waals surface area contributed by atoms with E-state index >= 15 is 0 Å². The first-order valence-corrected chi connectivity index (χ1v) is 4.94. The van der Waals surface area contributed by atoms with Gasteiger partial charge in [0.05, 0.1) is 10.5 Å². The number of hydrogen-bond acceptors (Lipinski definition) is 4. The van der Waals surface area contributed by atoms with Gasteiger partial charge in [-0.3, -0.25) is 10.1 Å². The first-order chi connectivity index (χ1) is 7.00. The van der Waals surface area contributed by atoms with Gasteiger partial charge in [0.2, 0.25) is 0 Å². The van der Waals surface area contributed by atoms with E-state index in [0.29, 0.717) is 10.2 Å². The second-order valence-corrected chi connectivity index (χ2v) is 3.91. The zero-order valence-electron chi connectivity index (χ0n) is 8.35. The second-order valence-electron chi connectivity index (χ2n) is 3.10. The van der Waals surface area contributed by atoms with Crippen molar-refractivity contribution in [2.45, 2.75) is 0 Å². The lowest BCUT2D eigenvalue weighted by Crippen LogP contribution is -2.00. The van der Waals surface area contributed by atoms with Crippen molar-refractivity contribution < 1.29 is 4.92 Å². The van der Waals surface area contributed by atoms with Crippen LogP contribution >= 0.6 is 15.9 Å². The molecule has 0 amide bonds. The fourth-order valence-corrected chi connectivity index (χ4v) is 1.27. The minimum absolute atomic E-state index is 0.0370. The molecule has 0 aliphatic rings. The van der Waals surface area contributed by atoms with Crippen molar-refractivity contribution in [3.05, 3.63) is 38.7 Å². The predicted molar refractivity (Wildman–Crippen MR) is 61.3 cm³/mol. The van der Waals surface area contributed by atoms with Crippen LogP contribution in [0.25, 0.3) is 6.08 Å². The minimum Gasteiger partial charge on any atom is -0.383 e. The molecular weight excluding hydrogens is 262 g/mol. The van der Waals surface area contributed by atoms with Crippen LogP contribution in [0.4, 0.5) is 5.69 Å². The average molecular weight is 272 g/mol. The molecule has 0 radical (unpaired) electrons. The van der Waals surface area contributed by atoms with Gasteiger partial charge in [0.25, 0.3) is 5.69 Å². The summed E-state index contributed by atoms with van der Waals surface area (Å²) in [5, 5.41) is 10.7. The third kappa shape index (κ3) is 3.32. The lowest BCUT2D eigenvalue weighted by atomic mass is 10.2. The smallest absolute Gasteiger partial charge is 0.280 e. The molecule has 0 unspecified atom stereocenters. The molecule has 0 aromatic carbocycles. The Morgan fingerprint density at radius 3 is 2.80 bits per heavy atom. The molecule has 1 aromatic heterocycles. The Morgan fingerprint density at radius 2 is 2.27 bits per heavy atom. The number of pyridine rings is 1. The molecule has 0 atom stereocenters. The van der Waals surface area contributed by atoms with Gasteiger partial charge in [0, 0.05) is 26.4 Å². The van der Waals surface area contributed by atoms with Gasteiger partial charge in [-0.2, -0.15) is 0 Å². The van der Waals surface area contributed by atoms with E-state index in [4.69, 9.17) is 0 Å². The van der Waals surface area contributed by atoms with Crippen LogP contribution in [-0.4, -0.2) is 28.9 Å². The van der Waals surface area contributed by atoms with E-state index in [1.807, 2.05) is 14.1 Å². The van der Waals surface area contributed by atoms with Gasteiger partial charge in [-0.15, -0.1) is 0 Å². The van der Waals surface area contributed by atoms with Crippen LogP contribution < -0.4 is 0 Å². The Kier molecular flexibility index (Phi) is 3.79. The van der Waals surface area contributed by atoms with Crippen molar-refractivity contribution in [2.24, 2.45) is 0 Å². The molecular formula is C9H10BrN3O2. The Bertz CT molecular complexity index is 404. The SMILES string of the molecule is CN(C)/C=C/c1cnc(Br)cc1[N+](=O)[O-]. The van der Waals surface area contributed by atoms with Crippen molar-refractivity contribution in [3.63, 3.8) is 0 Å². The largest absolute Gasteiger partial charge is 0.383 e. The van der Waals surface area contributed by atoms with Gasteiger partial charge in [0.15, 0.2) is 0 Å². The molecule has 1 rings (SSSR count). The van der Waals surface area contributed by atoms with E-state index < -0.39 is 4.92 Å². The van der Waals surface area contributed by atoms with Crippen LogP contribution in [0.1, 0.15) is 5.56 Å². The summed E-state index contributed by atoms with van der Waals surface area (Å²) in [5.41, 5.74) is 0.520. The van der Waals surface area contributed by atoms with Crippen molar-refractivity contribution in [3.8, 4) is 0 Å². The van der Waals surface area contributed by atoms with Crippen LogP contribution in [0, 0.1) is 10.1 Å². The fourth-order valence-electron chi connectivity index (χ4n) is 0.947. The summed E-state index contributed by atoms with van der Waals surface area (Å²) in [6.45, 7) is 0. The topological polar surface area (TPSA) is 59.3 Å². The molecule has 0 aliphatic carbocycles. The molecule has 6 heteroatoms. The maximum atomic E-state index is 10.7. The zero-order valence-corrected chi connectivity index (χ0v) is 9.93. The second kappa shape index (κ2) is 4.88. The van der Waals surface area contributed by atoms with Gasteiger partial charge in [-0.1, -0.05) is 0 Å². The maximum absolute atomic E-state index is 10.7. The number of rotatable bonds is 3. The summed E-state index contributed by atoms with van der Waals surface area (Å²) in [7, 11) is 3.68. The standard InChI is InChI=1S/C9H10BrN3O2/c1-12(2)4-3-7-6-11-9(10)5-8(7)13(14)15/h3-6H,1-2H3/b4-3+. The molecule has 0 N–H and O–H groups in total. The van der Waals surface area contributed by atoms with Crippen molar-refractivity contribution in [1.29, 1.82) is 0 Å². The third-order valence-corrected chi connectivity index (χ3v) is 2.06. The lowest BCUT2D eigenvalue weighted by molar-refractivity contribution is -0.385. The van der Waals surface area contributed by atoms with Crippen LogP contribution in [0.5, 0.6) is 0 Å². The highest BCUT2D eigenvalue weighted by Gasteiger charge is 2.12. The van der Waals surface area contributed by atoms with Gasteiger partial charge in [-0.25, -0.2) is 4.98 Å². The normalized spacial score (nSPS) is 10.6.